The molecule has 1 aromatic carbocycles. The lowest BCUT2D eigenvalue weighted by molar-refractivity contribution is 0.226. The highest BCUT2D eigenvalue weighted by molar-refractivity contribution is 5.45. The van der Waals surface area contributed by atoms with Gasteiger partial charge >= 0.3 is 0 Å². The lowest BCUT2D eigenvalue weighted by atomic mass is 10.0. The number of hydrogen-bond acceptors (Lipinski definition) is 3. The van der Waals surface area contributed by atoms with Crippen LogP contribution in [0.2, 0.25) is 0 Å². The van der Waals surface area contributed by atoms with Crippen molar-refractivity contribution in [2.75, 3.05) is 5.73 Å². The number of ether oxygens (including phenoxy) is 1. The molecule has 0 fully saturated rings. The van der Waals surface area contributed by atoms with Crippen molar-refractivity contribution in [2.24, 2.45) is 0 Å². The number of nitrogen functional groups attached to an aromatic ring is 1. The SMILES string of the molecule is CC.Cc1ccc(F)cc1C(C)Oc1cccnc1N. The first-order chi connectivity index (χ1) is 9.58. The minimum atomic E-state index is -0.285. The predicted molar refractivity (Wildman–Crippen MR) is 80.2 cm³/mol. The quantitative estimate of drug-likeness (QED) is 0.910. The number of halogens is 1. The van der Waals surface area contributed by atoms with Gasteiger partial charge in [-0.1, -0.05) is 19.9 Å². The van der Waals surface area contributed by atoms with Crippen molar-refractivity contribution in [2.45, 2.75) is 33.8 Å². The summed E-state index contributed by atoms with van der Waals surface area (Å²) in [5.41, 5.74) is 7.49. The van der Waals surface area contributed by atoms with Crippen molar-refractivity contribution < 1.29 is 9.13 Å². The number of pyridine rings is 1. The fourth-order valence-electron chi connectivity index (χ4n) is 1.81. The number of hydrogen-bond donors (Lipinski definition) is 1. The number of nitrogens with two attached hydrogens (primary N) is 1. The van der Waals surface area contributed by atoms with Crippen LogP contribution in [0, 0.1) is 12.7 Å². The van der Waals surface area contributed by atoms with Gasteiger partial charge in [0.1, 0.15) is 11.9 Å². The predicted octanol–water partition coefficient (Wildman–Crippen LogP) is 4.28. The summed E-state index contributed by atoms with van der Waals surface area (Å²) in [6.45, 7) is 7.77. The summed E-state index contributed by atoms with van der Waals surface area (Å²) in [4.78, 5) is 3.94. The molecule has 2 rings (SSSR count). The van der Waals surface area contributed by atoms with Crippen LogP contribution < -0.4 is 10.5 Å². The number of nitrogens with zero attached hydrogens (tertiary/aromatic N) is 1. The molecule has 1 unspecified atom stereocenters. The van der Waals surface area contributed by atoms with E-state index in [1.807, 2.05) is 27.7 Å². The van der Waals surface area contributed by atoms with Crippen molar-refractivity contribution in [3.05, 3.63) is 53.5 Å². The van der Waals surface area contributed by atoms with Crippen LogP contribution in [0.5, 0.6) is 5.75 Å². The van der Waals surface area contributed by atoms with Gasteiger partial charge in [-0.25, -0.2) is 9.37 Å². The molecule has 0 amide bonds. The lowest BCUT2D eigenvalue weighted by Crippen LogP contribution is -2.07. The Kier molecular flexibility index (Phi) is 5.97. The summed E-state index contributed by atoms with van der Waals surface area (Å²) in [5, 5.41) is 0. The Hall–Kier alpha value is -2.10. The summed E-state index contributed by atoms with van der Waals surface area (Å²) in [6, 6.07) is 8.14. The highest BCUT2D eigenvalue weighted by Crippen LogP contribution is 2.27. The maximum Gasteiger partial charge on any atom is 0.166 e. The number of rotatable bonds is 3. The second-order valence-electron chi connectivity index (χ2n) is 4.15. The van der Waals surface area contributed by atoms with Crippen LogP contribution in [0.25, 0.3) is 0 Å². The van der Waals surface area contributed by atoms with Gasteiger partial charge in [-0.3, -0.25) is 0 Å². The molecule has 1 heterocycles. The summed E-state index contributed by atoms with van der Waals surface area (Å²) < 4.78 is 18.9. The van der Waals surface area contributed by atoms with Crippen LogP contribution in [0.4, 0.5) is 10.2 Å². The van der Waals surface area contributed by atoms with E-state index in [1.165, 1.54) is 12.1 Å². The van der Waals surface area contributed by atoms with E-state index in [0.29, 0.717) is 11.6 Å². The largest absolute Gasteiger partial charge is 0.482 e. The van der Waals surface area contributed by atoms with E-state index >= 15 is 0 Å². The zero-order valence-electron chi connectivity index (χ0n) is 12.4. The third kappa shape index (κ3) is 3.95. The molecule has 0 saturated heterocycles. The van der Waals surface area contributed by atoms with E-state index in [4.69, 9.17) is 10.5 Å². The molecular weight excluding hydrogens is 255 g/mol. The summed E-state index contributed by atoms with van der Waals surface area (Å²) in [6.07, 6.45) is 1.31. The Morgan fingerprint density at radius 2 is 1.95 bits per heavy atom. The first kappa shape index (κ1) is 16.0. The number of benzene rings is 1. The van der Waals surface area contributed by atoms with Crippen molar-refractivity contribution in [1.29, 1.82) is 0 Å². The summed E-state index contributed by atoms with van der Waals surface area (Å²) in [7, 11) is 0. The maximum absolute atomic E-state index is 13.2. The minimum absolute atomic E-state index is 0.273. The van der Waals surface area contributed by atoms with Crippen LogP contribution in [0.15, 0.2) is 36.5 Å². The molecular formula is C16H21FN2O. The van der Waals surface area contributed by atoms with Gasteiger partial charge in [-0.15, -0.1) is 0 Å². The van der Waals surface area contributed by atoms with E-state index in [2.05, 4.69) is 4.98 Å². The van der Waals surface area contributed by atoms with E-state index in [-0.39, 0.29) is 11.9 Å². The van der Waals surface area contributed by atoms with Crippen molar-refractivity contribution in [3.8, 4) is 5.75 Å². The van der Waals surface area contributed by atoms with Gasteiger partial charge in [0.25, 0.3) is 0 Å². The third-order valence-electron chi connectivity index (χ3n) is 2.78. The van der Waals surface area contributed by atoms with E-state index < -0.39 is 0 Å². The van der Waals surface area contributed by atoms with Gasteiger partial charge < -0.3 is 10.5 Å². The Balaban J connectivity index is 0.000000956. The van der Waals surface area contributed by atoms with E-state index in [9.17, 15) is 4.39 Å². The third-order valence-corrected chi connectivity index (χ3v) is 2.78. The number of anilines is 1. The van der Waals surface area contributed by atoms with Crippen LogP contribution in [0.3, 0.4) is 0 Å². The Bertz CT molecular complexity index is 558. The van der Waals surface area contributed by atoms with Crippen molar-refractivity contribution in [3.63, 3.8) is 0 Å². The average Bonchev–Trinajstić information content (AvgIpc) is 2.46. The Labute approximate surface area is 119 Å². The molecule has 0 spiro atoms. The molecule has 4 heteroatoms. The van der Waals surface area contributed by atoms with Crippen LogP contribution in [-0.4, -0.2) is 4.98 Å². The van der Waals surface area contributed by atoms with Crippen molar-refractivity contribution >= 4 is 5.82 Å². The van der Waals surface area contributed by atoms with Gasteiger partial charge in [0.05, 0.1) is 0 Å². The number of aromatic nitrogens is 1. The zero-order valence-corrected chi connectivity index (χ0v) is 12.4. The van der Waals surface area contributed by atoms with Gasteiger partial charge in [0.2, 0.25) is 0 Å². The minimum Gasteiger partial charge on any atom is -0.482 e. The maximum atomic E-state index is 13.2. The molecule has 1 aromatic heterocycles. The average molecular weight is 276 g/mol. The standard InChI is InChI=1S/C14H15FN2O.C2H6/c1-9-5-6-11(15)8-12(9)10(2)18-13-4-3-7-17-14(13)16;1-2/h3-8,10H,1-2H3,(H2,16,17);1-2H3. The van der Waals surface area contributed by atoms with Gasteiger partial charge in [-0.05, 0) is 49.2 Å². The molecule has 3 nitrogen and oxygen atoms in total. The second-order valence-corrected chi connectivity index (χ2v) is 4.15. The fourth-order valence-corrected chi connectivity index (χ4v) is 1.81. The molecule has 0 aliphatic rings. The van der Waals surface area contributed by atoms with Gasteiger partial charge in [-0.2, -0.15) is 0 Å². The van der Waals surface area contributed by atoms with Gasteiger partial charge in [0.15, 0.2) is 11.6 Å². The molecule has 0 radical (unpaired) electrons. The van der Waals surface area contributed by atoms with Crippen LogP contribution in [0.1, 0.15) is 38.0 Å². The topological polar surface area (TPSA) is 48.1 Å². The monoisotopic (exact) mass is 276 g/mol. The zero-order chi connectivity index (χ0) is 15.1. The van der Waals surface area contributed by atoms with Crippen LogP contribution in [-0.2, 0) is 0 Å². The van der Waals surface area contributed by atoms with Crippen molar-refractivity contribution in [1.82, 2.24) is 4.98 Å². The highest BCUT2D eigenvalue weighted by atomic mass is 19.1. The first-order valence-electron chi connectivity index (χ1n) is 6.71. The van der Waals surface area contributed by atoms with Crippen LogP contribution >= 0.6 is 0 Å². The molecule has 108 valence electrons. The Morgan fingerprint density at radius 3 is 2.60 bits per heavy atom. The molecule has 2 aromatic rings. The van der Waals surface area contributed by atoms with E-state index in [1.54, 1.807) is 24.4 Å². The first-order valence-corrected chi connectivity index (χ1v) is 6.71. The lowest BCUT2D eigenvalue weighted by Gasteiger charge is -2.17. The summed E-state index contributed by atoms with van der Waals surface area (Å²) in [5.74, 6) is 0.567. The highest BCUT2D eigenvalue weighted by Gasteiger charge is 2.12. The summed E-state index contributed by atoms with van der Waals surface area (Å²) >= 11 is 0. The smallest absolute Gasteiger partial charge is 0.166 e. The molecule has 20 heavy (non-hydrogen) atoms. The molecule has 0 bridgehead atoms. The molecule has 1 atom stereocenters. The normalized spacial score (nSPS) is 11.2. The molecule has 0 aliphatic carbocycles. The molecule has 0 aliphatic heterocycles. The number of aryl methyl sites for hydroxylation is 1. The fraction of sp³-hybridized carbons (Fsp3) is 0.312. The molecule has 0 saturated carbocycles. The molecule has 2 N–H and O–H groups in total. The second kappa shape index (κ2) is 7.48. The van der Waals surface area contributed by atoms with Gasteiger partial charge in [0, 0.05) is 6.20 Å². The van der Waals surface area contributed by atoms with E-state index in [0.717, 1.165) is 11.1 Å². The Morgan fingerprint density at radius 1 is 1.25 bits per heavy atom.